The van der Waals surface area contributed by atoms with Crippen LogP contribution in [0.15, 0.2) is 24.3 Å². The quantitative estimate of drug-likeness (QED) is 0.924. The summed E-state index contributed by atoms with van der Waals surface area (Å²) in [4.78, 5) is 14.3. The summed E-state index contributed by atoms with van der Waals surface area (Å²) in [6, 6.07) is 7.82. The normalized spacial score (nSPS) is 23.7. The van der Waals surface area contributed by atoms with Crippen molar-refractivity contribution in [1.82, 2.24) is 4.90 Å². The lowest BCUT2D eigenvalue weighted by atomic mass is 9.93. The summed E-state index contributed by atoms with van der Waals surface area (Å²) in [7, 11) is 1.64. The first kappa shape index (κ1) is 15.8. The summed E-state index contributed by atoms with van der Waals surface area (Å²) in [6.07, 6.45) is 1.20. The van der Waals surface area contributed by atoms with Crippen molar-refractivity contribution in [3.8, 4) is 5.75 Å². The first-order valence-electron chi connectivity index (χ1n) is 7.61. The SMILES string of the molecule is COc1ccc(CC(C)C(=O)N2CCC(C)C(O)C2)cc1. The summed E-state index contributed by atoms with van der Waals surface area (Å²) in [6.45, 7) is 5.21. The molecule has 1 aliphatic rings. The van der Waals surface area contributed by atoms with Crippen LogP contribution in [0.1, 0.15) is 25.8 Å². The predicted octanol–water partition coefficient (Wildman–Crippen LogP) is 2.10. The van der Waals surface area contributed by atoms with Crippen LogP contribution < -0.4 is 4.74 Å². The van der Waals surface area contributed by atoms with E-state index in [9.17, 15) is 9.90 Å². The van der Waals surface area contributed by atoms with Crippen LogP contribution in [0.2, 0.25) is 0 Å². The van der Waals surface area contributed by atoms with E-state index in [-0.39, 0.29) is 17.7 Å². The highest BCUT2D eigenvalue weighted by Crippen LogP contribution is 2.21. The number of piperidine rings is 1. The number of aliphatic hydroxyl groups is 1. The number of carbonyl (C=O) groups is 1. The fourth-order valence-electron chi connectivity index (χ4n) is 2.76. The molecule has 1 heterocycles. The van der Waals surface area contributed by atoms with E-state index >= 15 is 0 Å². The number of carbonyl (C=O) groups excluding carboxylic acids is 1. The number of hydrogen-bond donors (Lipinski definition) is 1. The van der Waals surface area contributed by atoms with Gasteiger partial charge in [0.2, 0.25) is 5.91 Å². The number of methoxy groups -OCH3 is 1. The minimum atomic E-state index is -0.393. The number of hydrogen-bond acceptors (Lipinski definition) is 3. The number of ether oxygens (including phenoxy) is 1. The van der Waals surface area contributed by atoms with Gasteiger partial charge in [-0.1, -0.05) is 26.0 Å². The first-order valence-corrected chi connectivity index (χ1v) is 7.61. The van der Waals surface area contributed by atoms with Crippen LogP contribution in [0.5, 0.6) is 5.75 Å². The third kappa shape index (κ3) is 3.97. The van der Waals surface area contributed by atoms with Crippen LogP contribution >= 0.6 is 0 Å². The maximum Gasteiger partial charge on any atom is 0.225 e. The maximum absolute atomic E-state index is 12.5. The highest BCUT2D eigenvalue weighted by atomic mass is 16.5. The lowest BCUT2D eigenvalue weighted by Gasteiger charge is -2.35. The molecule has 21 heavy (non-hydrogen) atoms. The fraction of sp³-hybridized carbons (Fsp3) is 0.588. The molecular formula is C17H25NO3. The van der Waals surface area contributed by atoms with Gasteiger partial charge in [0.05, 0.1) is 13.2 Å². The molecule has 4 nitrogen and oxygen atoms in total. The van der Waals surface area contributed by atoms with E-state index in [0.29, 0.717) is 13.0 Å². The predicted molar refractivity (Wildman–Crippen MR) is 82.2 cm³/mol. The Morgan fingerprint density at radius 1 is 1.43 bits per heavy atom. The number of rotatable bonds is 4. The molecule has 0 saturated carbocycles. The number of aliphatic hydroxyl groups excluding tert-OH is 1. The maximum atomic E-state index is 12.5. The monoisotopic (exact) mass is 291 g/mol. The standard InChI is InChI=1S/C17H25NO3/c1-12-8-9-18(11-16(12)19)17(20)13(2)10-14-4-6-15(21-3)7-5-14/h4-7,12-13,16,19H,8-11H2,1-3H3. The number of amides is 1. The van der Waals surface area contributed by atoms with Crippen molar-refractivity contribution >= 4 is 5.91 Å². The number of β-amino-alcohol motifs (C(OH)–C–C–N with tert-alkyl or cyclic N) is 1. The van der Waals surface area contributed by atoms with Gasteiger partial charge >= 0.3 is 0 Å². The summed E-state index contributed by atoms with van der Waals surface area (Å²) >= 11 is 0. The van der Waals surface area contributed by atoms with Gasteiger partial charge < -0.3 is 14.7 Å². The molecule has 116 valence electrons. The average molecular weight is 291 g/mol. The van der Waals surface area contributed by atoms with Gasteiger partial charge in [-0.3, -0.25) is 4.79 Å². The first-order chi connectivity index (χ1) is 10.0. The molecule has 1 fully saturated rings. The van der Waals surface area contributed by atoms with E-state index in [1.807, 2.05) is 38.1 Å². The largest absolute Gasteiger partial charge is 0.497 e. The fourth-order valence-corrected chi connectivity index (χ4v) is 2.76. The van der Waals surface area contributed by atoms with Gasteiger partial charge in [0.15, 0.2) is 0 Å². The third-order valence-electron chi connectivity index (χ3n) is 4.35. The molecule has 2 rings (SSSR count). The summed E-state index contributed by atoms with van der Waals surface area (Å²) in [5.74, 6) is 1.17. The topological polar surface area (TPSA) is 49.8 Å². The van der Waals surface area contributed by atoms with E-state index in [2.05, 4.69) is 0 Å². The molecule has 0 aromatic heterocycles. The Kier molecular flexibility index (Phi) is 5.23. The summed E-state index contributed by atoms with van der Waals surface area (Å²) in [5, 5.41) is 9.92. The van der Waals surface area contributed by atoms with Gasteiger partial charge in [0.1, 0.15) is 5.75 Å². The van der Waals surface area contributed by atoms with E-state index in [0.717, 1.165) is 24.3 Å². The zero-order valence-electron chi connectivity index (χ0n) is 13.1. The van der Waals surface area contributed by atoms with Crippen LogP contribution in [0.25, 0.3) is 0 Å². The Hall–Kier alpha value is -1.55. The van der Waals surface area contributed by atoms with Crippen molar-refractivity contribution in [2.24, 2.45) is 11.8 Å². The van der Waals surface area contributed by atoms with Crippen LogP contribution in [-0.4, -0.2) is 42.2 Å². The molecular weight excluding hydrogens is 266 g/mol. The molecule has 0 bridgehead atoms. The molecule has 0 aliphatic carbocycles. The Labute approximate surface area is 126 Å². The molecule has 3 unspecified atom stereocenters. The highest BCUT2D eigenvalue weighted by Gasteiger charge is 2.29. The van der Waals surface area contributed by atoms with Gasteiger partial charge in [-0.2, -0.15) is 0 Å². The molecule has 1 amide bonds. The molecule has 1 N–H and O–H groups in total. The van der Waals surface area contributed by atoms with Crippen molar-refractivity contribution in [2.45, 2.75) is 32.8 Å². The molecule has 1 aliphatic heterocycles. The number of nitrogens with zero attached hydrogens (tertiary/aromatic N) is 1. The third-order valence-corrected chi connectivity index (χ3v) is 4.35. The van der Waals surface area contributed by atoms with E-state index in [1.165, 1.54) is 0 Å². The summed E-state index contributed by atoms with van der Waals surface area (Å²) in [5.41, 5.74) is 1.13. The molecule has 0 spiro atoms. The molecule has 0 radical (unpaired) electrons. The van der Waals surface area contributed by atoms with Gasteiger partial charge in [0, 0.05) is 19.0 Å². The van der Waals surface area contributed by atoms with Crippen LogP contribution in [0.3, 0.4) is 0 Å². The van der Waals surface area contributed by atoms with Gasteiger partial charge in [-0.05, 0) is 36.5 Å². The van der Waals surface area contributed by atoms with Gasteiger partial charge in [-0.15, -0.1) is 0 Å². The minimum absolute atomic E-state index is 0.0704. The Morgan fingerprint density at radius 2 is 2.10 bits per heavy atom. The number of likely N-dealkylation sites (tertiary alicyclic amines) is 1. The van der Waals surface area contributed by atoms with Gasteiger partial charge in [-0.25, -0.2) is 0 Å². The van der Waals surface area contributed by atoms with Crippen molar-refractivity contribution in [2.75, 3.05) is 20.2 Å². The van der Waals surface area contributed by atoms with Gasteiger partial charge in [0.25, 0.3) is 0 Å². The Bertz CT molecular complexity index is 471. The number of benzene rings is 1. The minimum Gasteiger partial charge on any atom is -0.497 e. The average Bonchev–Trinajstić information content (AvgIpc) is 2.50. The smallest absolute Gasteiger partial charge is 0.225 e. The summed E-state index contributed by atoms with van der Waals surface area (Å²) < 4.78 is 5.14. The highest BCUT2D eigenvalue weighted by molar-refractivity contribution is 5.79. The van der Waals surface area contributed by atoms with Crippen LogP contribution in [-0.2, 0) is 11.2 Å². The van der Waals surface area contributed by atoms with Crippen molar-refractivity contribution in [3.63, 3.8) is 0 Å². The second-order valence-corrected chi connectivity index (χ2v) is 6.07. The van der Waals surface area contributed by atoms with Crippen molar-refractivity contribution in [3.05, 3.63) is 29.8 Å². The molecule has 4 heteroatoms. The molecule has 1 aromatic carbocycles. The van der Waals surface area contributed by atoms with E-state index < -0.39 is 6.10 Å². The van der Waals surface area contributed by atoms with E-state index in [4.69, 9.17) is 4.74 Å². The van der Waals surface area contributed by atoms with Crippen molar-refractivity contribution < 1.29 is 14.6 Å². The second-order valence-electron chi connectivity index (χ2n) is 6.07. The zero-order chi connectivity index (χ0) is 15.4. The molecule has 3 atom stereocenters. The second kappa shape index (κ2) is 6.94. The molecule has 1 saturated heterocycles. The van der Waals surface area contributed by atoms with Crippen molar-refractivity contribution in [1.29, 1.82) is 0 Å². The molecule has 1 aromatic rings. The lowest BCUT2D eigenvalue weighted by molar-refractivity contribution is -0.139. The Morgan fingerprint density at radius 3 is 2.67 bits per heavy atom. The van der Waals surface area contributed by atoms with Crippen LogP contribution in [0, 0.1) is 11.8 Å². The zero-order valence-corrected chi connectivity index (χ0v) is 13.1. The van der Waals surface area contributed by atoms with Crippen LogP contribution in [0.4, 0.5) is 0 Å². The lowest BCUT2D eigenvalue weighted by Crippen LogP contribution is -2.47. The Balaban J connectivity index is 1.92. The van der Waals surface area contributed by atoms with E-state index in [1.54, 1.807) is 12.0 Å².